The third kappa shape index (κ3) is 10.1. The summed E-state index contributed by atoms with van der Waals surface area (Å²) in [7, 11) is 0. The molecule has 0 saturated carbocycles. The number of phenols is 1. The van der Waals surface area contributed by atoms with Gasteiger partial charge in [0.2, 0.25) is 5.91 Å². The van der Waals surface area contributed by atoms with Crippen molar-refractivity contribution in [2.75, 3.05) is 11.9 Å². The quantitative estimate of drug-likeness (QED) is 0.137. The van der Waals surface area contributed by atoms with Gasteiger partial charge in [0, 0.05) is 18.7 Å². The number of rotatable bonds is 12. The summed E-state index contributed by atoms with van der Waals surface area (Å²) in [5.74, 6) is -0.660. The van der Waals surface area contributed by atoms with E-state index < -0.39 is 29.7 Å². The van der Waals surface area contributed by atoms with E-state index in [0.717, 1.165) is 40.3 Å². The van der Waals surface area contributed by atoms with Crippen LogP contribution in [0.2, 0.25) is 0 Å². The average molecular weight is 638 g/mol. The van der Waals surface area contributed by atoms with Gasteiger partial charge in [-0.15, -0.1) is 0 Å². The fraction of sp³-hybridized carbons (Fsp3) is 0.359. The first-order valence-electron chi connectivity index (χ1n) is 16.3. The summed E-state index contributed by atoms with van der Waals surface area (Å²) in [4.78, 5) is 43.9. The van der Waals surface area contributed by atoms with Gasteiger partial charge in [-0.1, -0.05) is 91.6 Å². The first-order valence-corrected chi connectivity index (χ1v) is 16.3. The van der Waals surface area contributed by atoms with Crippen molar-refractivity contribution in [3.63, 3.8) is 0 Å². The molecular weight excluding hydrogens is 590 g/mol. The molecule has 0 spiro atoms. The van der Waals surface area contributed by atoms with Gasteiger partial charge in [0.25, 0.3) is 5.91 Å². The van der Waals surface area contributed by atoms with Crippen LogP contribution >= 0.6 is 0 Å². The summed E-state index contributed by atoms with van der Waals surface area (Å²) in [5.41, 5.74) is 3.20. The Bertz CT molecular complexity index is 1670. The third-order valence-corrected chi connectivity index (χ3v) is 7.79. The van der Waals surface area contributed by atoms with Crippen LogP contribution in [0, 0.1) is 13.8 Å². The topological polar surface area (TPSA) is 108 Å². The van der Waals surface area contributed by atoms with Gasteiger partial charge in [-0.3, -0.25) is 9.59 Å². The molecule has 47 heavy (non-hydrogen) atoms. The number of benzene rings is 4. The van der Waals surface area contributed by atoms with Gasteiger partial charge < -0.3 is 25.4 Å². The van der Waals surface area contributed by atoms with E-state index in [1.165, 1.54) is 0 Å². The van der Waals surface area contributed by atoms with E-state index in [1.807, 2.05) is 74.5 Å². The Hall–Kier alpha value is -4.85. The van der Waals surface area contributed by atoms with Crippen molar-refractivity contribution in [1.82, 2.24) is 10.2 Å². The SMILES string of the molecule is CCCCCN(C(=O)C(Cc1ccc(O)cc1)NC(=O)OC(C)(C)C)C(C(=O)Nc1ccc2ccccc2c1)c1cc(C)cc(C)c1. The van der Waals surface area contributed by atoms with Crippen LogP contribution in [0.3, 0.4) is 0 Å². The van der Waals surface area contributed by atoms with E-state index in [1.54, 1.807) is 49.9 Å². The van der Waals surface area contributed by atoms with E-state index in [4.69, 9.17) is 4.74 Å². The van der Waals surface area contributed by atoms with E-state index in [9.17, 15) is 19.5 Å². The minimum atomic E-state index is -1.04. The van der Waals surface area contributed by atoms with Gasteiger partial charge in [-0.25, -0.2) is 4.79 Å². The number of carbonyl (C=O) groups excluding carboxylic acids is 3. The van der Waals surface area contributed by atoms with Crippen LogP contribution in [0.4, 0.5) is 10.5 Å². The number of hydrogen-bond acceptors (Lipinski definition) is 5. The highest BCUT2D eigenvalue weighted by molar-refractivity contribution is 6.00. The van der Waals surface area contributed by atoms with Crippen molar-refractivity contribution < 1.29 is 24.2 Å². The maximum atomic E-state index is 14.8. The number of nitrogens with zero attached hydrogens (tertiary/aromatic N) is 1. The van der Waals surface area contributed by atoms with Crippen molar-refractivity contribution in [3.8, 4) is 5.75 Å². The second-order valence-corrected chi connectivity index (χ2v) is 13.2. The Balaban J connectivity index is 1.78. The number of amides is 3. The number of nitrogens with one attached hydrogen (secondary N) is 2. The molecular formula is C39H47N3O5. The fourth-order valence-electron chi connectivity index (χ4n) is 5.73. The second kappa shape index (κ2) is 15.6. The molecule has 3 N–H and O–H groups in total. The smallest absolute Gasteiger partial charge is 0.408 e. The number of alkyl carbamates (subject to hydrolysis) is 1. The molecule has 0 bridgehead atoms. The number of phenolic OH excluding ortho intramolecular Hbond substituents is 1. The minimum Gasteiger partial charge on any atom is -0.508 e. The first-order chi connectivity index (χ1) is 22.3. The number of fused-ring (bicyclic) bond motifs is 1. The van der Waals surface area contributed by atoms with Crippen molar-refractivity contribution in [2.24, 2.45) is 0 Å². The molecule has 0 aliphatic carbocycles. The Labute approximate surface area is 278 Å². The lowest BCUT2D eigenvalue weighted by atomic mass is 9.97. The standard InChI is InChI=1S/C39H47N3O5/c1-7-8-11-20-42(37(45)34(41-38(46)47-39(4,5)6)24-28-14-18-33(43)19-15-28)35(31-22-26(2)21-27(3)23-31)36(44)40-32-17-16-29-12-9-10-13-30(29)25-32/h9-10,12-19,21-23,25,34-35,43H,7-8,11,20,24H2,1-6H3,(H,40,44)(H,41,46). The van der Waals surface area contributed by atoms with Crippen LogP contribution in [0.25, 0.3) is 10.8 Å². The molecule has 0 aliphatic rings. The van der Waals surface area contributed by atoms with E-state index in [2.05, 4.69) is 17.6 Å². The van der Waals surface area contributed by atoms with Crippen LogP contribution < -0.4 is 10.6 Å². The monoisotopic (exact) mass is 637 g/mol. The molecule has 0 aliphatic heterocycles. The van der Waals surface area contributed by atoms with Crippen LogP contribution in [-0.2, 0) is 20.7 Å². The molecule has 0 heterocycles. The normalized spacial score (nSPS) is 12.6. The minimum absolute atomic E-state index is 0.0955. The Morgan fingerprint density at radius 3 is 2.15 bits per heavy atom. The van der Waals surface area contributed by atoms with Crippen LogP contribution in [0.15, 0.2) is 84.9 Å². The summed E-state index contributed by atoms with van der Waals surface area (Å²) in [6, 6.07) is 24.0. The molecule has 8 heteroatoms. The van der Waals surface area contributed by atoms with Gasteiger partial charge in [0.15, 0.2) is 0 Å². The van der Waals surface area contributed by atoms with Gasteiger partial charge in [-0.05, 0) is 87.2 Å². The van der Waals surface area contributed by atoms with Crippen LogP contribution in [0.1, 0.15) is 75.3 Å². The average Bonchev–Trinajstić information content (AvgIpc) is 2.99. The predicted molar refractivity (Wildman–Crippen MR) is 187 cm³/mol. The summed E-state index contributed by atoms with van der Waals surface area (Å²) in [5, 5.41) is 17.8. The zero-order valence-electron chi connectivity index (χ0n) is 28.3. The predicted octanol–water partition coefficient (Wildman–Crippen LogP) is 8.00. The molecule has 0 saturated heterocycles. The fourth-order valence-corrected chi connectivity index (χ4v) is 5.73. The van der Waals surface area contributed by atoms with Crippen molar-refractivity contribution >= 4 is 34.4 Å². The number of unbranched alkanes of at least 4 members (excludes halogenated alkanes) is 2. The molecule has 0 fully saturated rings. The summed E-state index contributed by atoms with van der Waals surface area (Å²) >= 11 is 0. The molecule has 0 aromatic heterocycles. The number of ether oxygens (including phenoxy) is 1. The van der Waals surface area contributed by atoms with Crippen LogP contribution in [0.5, 0.6) is 5.75 Å². The molecule has 248 valence electrons. The lowest BCUT2D eigenvalue weighted by Crippen LogP contribution is -2.53. The maximum absolute atomic E-state index is 14.8. The lowest BCUT2D eigenvalue weighted by Gasteiger charge is -2.35. The molecule has 4 aromatic carbocycles. The summed E-state index contributed by atoms with van der Waals surface area (Å²) < 4.78 is 5.55. The summed E-state index contributed by atoms with van der Waals surface area (Å²) in [6.45, 7) is 11.6. The maximum Gasteiger partial charge on any atom is 0.408 e. The highest BCUT2D eigenvalue weighted by Crippen LogP contribution is 2.28. The van der Waals surface area contributed by atoms with E-state index >= 15 is 0 Å². The highest BCUT2D eigenvalue weighted by Gasteiger charge is 2.36. The van der Waals surface area contributed by atoms with Gasteiger partial charge in [-0.2, -0.15) is 0 Å². The zero-order chi connectivity index (χ0) is 34.1. The van der Waals surface area contributed by atoms with Crippen molar-refractivity contribution in [1.29, 1.82) is 0 Å². The van der Waals surface area contributed by atoms with E-state index in [0.29, 0.717) is 24.2 Å². The number of hydrogen-bond donors (Lipinski definition) is 3. The highest BCUT2D eigenvalue weighted by atomic mass is 16.6. The number of aromatic hydroxyl groups is 1. The van der Waals surface area contributed by atoms with Gasteiger partial charge >= 0.3 is 6.09 Å². The zero-order valence-corrected chi connectivity index (χ0v) is 28.3. The molecule has 4 rings (SSSR count). The largest absolute Gasteiger partial charge is 0.508 e. The van der Waals surface area contributed by atoms with Crippen molar-refractivity contribution in [2.45, 2.75) is 84.9 Å². The second-order valence-electron chi connectivity index (χ2n) is 13.2. The summed E-state index contributed by atoms with van der Waals surface area (Å²) in [6.07, 6.45) is 1.86. The lowest BCUT2D eigenvalue weighted by molar-refractivity contribution is -0.140. The molecule has 3 amide bonds. The van der Waals surface area contributed by atoms with E-state index in [-0.39, 0.29) is 18.1 Å². The van der Waals surface area contributed by atoms with Gasteiger partial charge in [0.05, 0.1) is 0 Å². The molecule has 4 aromatic rings. The number of anilines is 1. The van der Waals surface area contributed by atoms with Crippen molar-refractivity contribution in [3.05, 3.63) is 107 Å². The Morgan fingerprint density at radius 2 is 1.51 bits per heavy atom. The molecule has 2 unspecified atom stereocenters. The Kier molecular flexibility index (Phi) is 11.6. The van der Waals surface area contributed by atoms with Crippen LogP contribution in [-0.4, -0.2) is 46.1 Å². The first kappa shape index (κ1) is 35.0. The molecule has 0 radical (unpaired) electrons. The third-order valence-electron chi connectivity index (χ3n) is 7.79. The molecule has 2 atom stereocenters. The van der Waals surface area contributed by atoms with Gasteiger partial charge in [0.1, 0.15) is 23.4 Å². The number of carbonyl (C=O) groups is 3. The Morgan fingerprint density at radius 1 is 0.851 bits per heavy atom. The number of aryl methyl sites for hydroxylation is 2. The molecule has 8 nitrogen and oxygen atoms in total.